The number of carbonyl (C=O) groups is 2. The largest absolute Gasteiger partial charge is 0.481 e. The minimum Gasteiger partial charge on any atom is -0.481 e. The Hall–Kier alpha value is -1.74. The molecule has 1 unspecified atom stereocenters. The van der Waals surface area contributed by atoms with Gasteiger partial charge in [-0.3, -0.25) is 4.79 Å². The molecule has 1 saturated heterocycles. The number of rotatable bonds is 4. The van der Waals surface area contributed by atoms with Crippen LogP contribution < -0.4 is 5.32 Å². The van der Waals surface area contributed by atoms with Crippen molar-refractivity contribution in [1.82, 2.24) is 10.2 Å². The molecule has 0 aliphatic carbocycles. The molecule has 100 valence electrons. The molecule has 0 aromatic rings. The number of aliphatic carboxylic acids is 1. The SMILES string of the molecule is CC#CCCNC(=O)N1CCOCC1CC(=O)O. The Balaban J connectivity index is 2.45. The second-order valence-electron chi connectivity index (χ2n) is 3.93. The standard InChI is InChI=1S/C12H18N2O4/c1-2-3-4-5-13-12(17)14-6-7-18-9-10(14)8-11(15)16/h10H,4-9H2,1H3,(H,13,17)(H,15,16). The average molecular weight is 254 g/mol. The van der Waals surface area contributed by atoms with Crippen molar-refractivity contribution in [1.29, 1.82) is 0 Å². The van der Waals surface area contributed by atoms with E-state index in [-0.39, 0.29) is 19.1 Å². The molecule has 6 heteroatoms. The van der Waals surface area contributed by atoms with E-state index in [0.29, 0.717) is 26.1 Å². The number of amides is 2. The highest BCUT2D eigenvalue weighted by molar-refractivity contribution is 5.76. The van der Waals surface area contributed by atoms with Crippen molar-refractivity contribution in [3.05, 3.63) is 0 Å². The molecule has 1 aliphatic heterocycles. The summed E-state index contributed by atoms with van der Waals surface area (Å²) in [5.74, 6) is 4.66. The third kappa shape index (κ3) is 4.63. The summed E-state index contributed by atoms with van der Waals surface area (Å²) >= 11 is 0. The zero-order valence-corrected chi connectivity index (χ0v) is 10.4. The van der Waals surface area contributed by atoms with E-state index < -0.39 is 12.0 Å². The third-order valence-electron chi connectivity index (χ3n) is 2.60. The molecule has 0 saturated carbocycles. The molecule has 6 nitrogen and oxygen atoms in total. The first-order valence-electron chi connectivity index (χ1n) is 5.88. The van der Waals surface area contributed by atoms with Crippen molar-refractivity contribution >= 4 is 12.0 Å². The van der Waals surface area contributed by atoms with Crippen LogP contribution in [0.3, 0.4) is 0 Å². The molecular formula is C12H18N2O4. The molecule has 1 atom stereocenters. The van der Waals surface area contributed by atoms with E-state index in [4.69, 9.17) is 9.84 Å². The minimum atomic E-state index is -0.930. The summed E-state index contributed by atoms with van der Waals surface area (Å²) in [7, 11) is 0. The highest BCUT2D eigenvalue weighted by Crippen LogP contribution is 2.10. The molecule has 1 aliphatic rings. The summed E-state index contributed by atoms with van der Waals surface area (Å²) in [4.78, 5) is 24.1. The van der Waals surface area contributed by atoms with E-state index in [1.807, 2.05) is 0 Å². The van der Waals surface area contributed by atoms with Crippen LogP contribution in [0.15, 0.2) is 0 Å². The fraction of sp³-hybridized carbons (Fsp3) is 0.667. The second-order valence-corrected chi connectivity index (χ2v) is 3.93. The maximum atomic E-state index is 11.9. The summed E-state index contributed by atoms with van der Waals surface area (Å²) in [6, 6.07) is -0.643. The van der Waals surface area contributed by atoms with E-state index in [1.165, 1.54) is 4.90 Å². The predicted octanol–water partition coefficient (Wildman–Crippen LogP) is 0.285. The summed E-state index contributed by atoms with van der Waals surface area (Å²) in [5, 5.41) is 11.5. The lowest BCUT2D eigenvalue weighted by molar-refractivity contribution is -0.139. The Morgan fingerprint density at radius 1 is 1.56 bits per heavy atom. The zero-order chi connectivity index (χ0) is 13.4. The van der Waals surface area contributed by atoms with Gasteiger partial charge in [0.05, 0.1) is 25.7 Å². The van der Waals surface area contributed by atoms with E-state index in [9.17, 15) is 9.59 Å². The molecule has 0 aromatic heterocycles. The van der Waals surface area contributed by atoms with Gasteiger partial charge in [0.15, 0.2) is 0 Å². The number of carboxylic acids is 1. The van der Waals surface area contributed by atoms with Crippen LogP contribution in [-0.4, -0.2) is 54.4 Å². The van der Waals surface area contributed by atoms with Gasteiger partial charge in [-0.1, -0.05) is 0 Å². The van der Waals surface area contributed by atoms with Crippen LogP contribution >= 0.6 is 0 Å². The number of carboxylic acid groups (broad SMARTS) is 1. The van der Waals surface area contributed by atoms with Crippen LogP contribution in [-0.2, 0) is 9.53 Å². The van der Waals surface area contributed by atoms with Crippen LogP contribution in [0.1, 0.15) is 19.8 Å². The molecule has 1 fully saturated rings. The summed E-state index contributed by atoms with van der Waals surface area (Å²) < 4.78 is 5.20. The normalized spacial score (nSPS) is 18.7. The lowest BCUT2D eigenvalue weighted by atomic mass is 10.1. The third-order valence-corrected chi connectivity index (χ3v) is 2.60. The van der Waals surface area contributed by atoms with E-state index in [1.54, 1.807) is 6.92 Å². The molecule has 1 rings (SSSR count). The van der Waals surface area contributed by atoms with Gasteiger partial charge in [-0.2, -0.15) is 0 Å². The average Bonchev–Trinajstić information content (AvgIpc) is 2.34. The summed E-state index contributed by atoms with van der Waals surface area (Å²) in [6.07, 6.45) is 0.498. The number of morpholine rings is 1. The first-order valence-corrected chi connectivity index (χ1v) is 5.88. The van der Waals surface area contributed by atoms with Gasteiger partial charge in [0, 0.05) is 19.5 Å². The van der Waals surface area contributed by atoms with Crippen molar-refractivity contribution in [2.45, 2.75) is 25.8 Å². The topological polar surface area (TPSA) is 78.9 Å². The van der Waals surface area contributed by atoms with Crippen molar-refractivity contribution in [2.75, 3.05) is 26.3 Å². The Labute approximate surface area is 106 Å². The number of urea groups is 1. The van der Waals surface area contributed by atoms with Crippen LogP contribution in [0, 0.1) is 11.8 Å². The molecule has 2 amide bonds. The van der Waals surface area contributed by atoms with E-state index in [0.717, 1.165) is 0 Å². The van der Waals surface area contributed by atoms with Crippen LogP contribution in [0.4, 0.5) is 4.79 Å². The molecule has 18 heavy (non-hydrogen) atoms. The quantitative estimate of drug-likeness (QED) is 0.558. The predicted molar refractivity (Wildman–Crippen MR) is 65.0 cm³/mol. The number of nitrogens with one attached hydrogen (secondary N) is 1. The monoisotopic (exact) mass is 254 g/mol. The van der Waals surface area contributed by atoms with Gasteiger partial charge in [0.25, 0.3) is 0 Å². The van der Waals surface area contributed by atoms with Gasteiger partial charge in [0.2, 0.25) is 0 Å². The van der Waals surface area contributed by atoms with E-state index >= 15 is 0 Å². The maximum Gasteiger partial charge on any atom is 0.317 e. The first-order chi connectivity index (χ1) is 8.65. The molecule has 0 spiro atoms. The summed E-state index contributed by atoms with van der Waals surface area (Å²) in [6.45, 7) is 3.35. The van der Waals surface area contributed by atoms with Crippen molar-refractivity contribution in [2.24, 2.45) is 0 Å². The molecule has 0 radical (unpaired) electrons. The molecule has 2 N–H and O–H groups in total. The van der Waals surface area contributed by atoms with Gasteiger partial charge in [-0.15, -0.1) is 11.8 Å². The van der Waals surface area contributed by atoms with Crippen molar-refractivity contribution < 1.29 is 19.4 Å². The highest BCUT2D eigenvalue weighted by atomic mass is 16.5. The van der Waals surface area contributed by atoms with Gasteiger partial charge >= 0.3 is 12.0 Å². The minimum absolute atomic E-state index is 0.0951. The number of hydrogen-bond acceptors (Lipinski definition) is 3. The highest BCUT2D eigenvalue weighted by Gasteiger charge is 2.28. The Morgan fingerprint density at radius 2 is 2.33 bits per heavy atom. The first kappa shape index (κ1) is 14.3. The second kappa shape index (κ2) is 7.56. The fourth-order valence-corrected chi connectivity index (χ4v) is 1.75. The lowest BCUT2D eigenvalue weighted by Gasteiger charge is -2.34. The Morgan fingerprint density at radius 3 is 3.00 bits per heavy atom. The number of carbonyl (C=O) groups excluding carboxylic acids is 1. The maximum absolute atomic E-state index is 11.9. The molecule has 0 bridgehead atoms. The van der Waals surface area contributed by atoms with E-state index in [2.05, 4.69) is 17.2 Å². The van der Waals surface area contributed by atoms with Gasteiger partial charge in [-0.25, -0.2) is 4.79 Å². The van der Waals surface area contributed by atoms with Crippen molar-refractivity contribution in [3.8, 4) is 11.8 Å². The fourth-order valence-electron chi connectivity index (χ4n) is 1.75. The van der Waals surface area contributed by atoms with Crippen molar-refractivity contribution in [3.63, 3.8) is 0 Å². The van der Waals surface area contributed by atoms with Gasteiger partial charge in [0.1, 0.15) is 0 Å². The Kier molecular flexibility index (Phi) is 6.01. The zero-order valence-electron chi connectivity index (χ0n) is 10.4. The van der Waals surface area contributed by atoms with Gasteiger partial charge in [-0.05, 0) is 6.92 Å². The molecule has 1 heterocycles. The number of ether oxygens (including phenoxy) is 1. The molecular weight excluding hydrogens is 236 g/mol. The summed E-state index contributed by atoms with van der Waals surface area (Å²) in [5.41, 5.74) is 0. The van der Waals surface area contributed by atoms with Crippen LogP contribution in [0.2, 0.25) is 0 Å². The van der Waals surface area contributed by atoms with Crippen LogP contribution in [0.5, 0.6) is 0 Å². The number of hydrogen-bond donors (Lipinski definition) is 2. The smallest absolute Gasteiger partial charge is 0.317 e. The van der Waals surface area contributed by atoms with Gasteiger partial charge < -0.3 is 20.1 Å². The molecule has 0 aromatic carbocycles. The lowest BCUT2D eigenvalue weighted by Crippen LogP contribution is -2.53. The van der Waals surface area contributed by atoms with Crippen LogP contribution in [0.25, 0.3) is 0 Å². The Bertz CT molecular complexity index is 359. The number of nitrogens with zero attached hydrogens (tertiary/aromatic N) is 1.